The van der Waals surface area contributed by atoms with E-state index in [1.807, 2.05) is 25.1 Å². The second kappa shape index (κ2) is 6.43. The van der Waals surface area contributed by atoms with Crippen LogP contribution in [-0.2, 0) is 0 Å². The van der Waals surface area contributed by atoms with Gasteiger partial charge in [-0.15, -0.1) is 0 Å². The molecule has 0 saturated carbocycles. The summed E-state index contributed by atoms with van der Waals surface area (Å²) in [6.07, 6.45) is 4.57. The Bertz CT molecular complexity index is 526. The zero-order chi connectivity index (χ0) is 13.7. The molecule has 1 heterocycles. The molecule has 1 unspecified atom stereocenters. The Morgan fingerprint density at radius 3 is 2.63 bits per heavy atom. The topological polar surface area (TPSA) is 24.9 Å². The van der Waals surface area contributed by atoms with E-state index in [-0.39, 0.29) is 11.9 Å². The van der Waals surface area contributed by atoms with Crippen molar-refractivity contribution in [2.45, 2.75) is 26.3 Å². The van der Waals surface area contributed by atoms with Crippen molar-refractivity contribution in [3.63, 3.8) is 0 Å². The Labute approximate surface area is 113 Å². The number of nitrogens with zero attached hydrogens (tertiary/aromatic N) is 1. The first-order valence-corrected chi connectivity index (χ1v) is 6.61. The largest absolute Gasteiger partial charge is 0.306 e. The summed E-state index contributed by atoms with van der Waals surface area (Å²) in [4.78, 5) is 4.04. The van der Waals surface area contributed by atoms with Gasteiger partial charge in [0.15, 0.2) is 0 Å². The van der Waals surface area contributed by atoms with Crippen LogP contribution in [0.15, 0.2) is 42.7 Å². The standard InChI is InChI=1S/C16H19FN2/c1-3-8-19-16(13-6-9-18-10-7-13)15-11-14(17)5-4-12(15)2/h4-7,9-11,16,19H,3,8H2,1-2H3. The van der Waals surface area contributed by atoms with E-state index in [0.29, 0.717) is 0 Å². The number of hydrogen-bond donors (Lipinski definition) is 1. The number of pyridine rings is 1. The van der Waals surface area contributed by atoms with Crippen molar-refractivity contribution in [3.8, 4) is 0 Å². The molecular formula is C16H19FN2. The fourth-order valence-electron chi connectivity index (χ4n) is 2.17. The highest BCUT2D eigenvalue weighted by molar-refractivity contribution is 5.36. The van der Waals surface area contributed by atoms with Gasteiger partial charge in [0.25, 0.3) is 0 Å². The van der Waals surface area contributed by atoms with Gasteiger partial charge in [-0.3, -0.25) is 4.98 Å². The maximum atomic E-state index is 13.5. The van der Waals surface area contributed by atoms with Crippen LogP contribution in [0.3, 0.4) is 0 Å². The molecule has 0 aliphatic heterocycles. The van der Waals surface area contributed by atoms with Crippen molar-refractivity contribution in [3.05, 3.63) is 65.2 Å². The van der Waals surface area contributed by atoms with E-state index < -0.39 is 0 Å². The Kier molecular flexibility index (Phi) is 4.63. The molecule has 2 nitrogen and oxygen atoms in total. The summed E-state index contributed by atoms with van der Waals surface area (Å²) in [6, 6.07) is 8.89. The second-order valence-electron chi connectivity index (χ2n) is 4.67. The van der Waals surface area contributed by atoms with E-state index in [2.05, 4.69) is 17.2 Å². The molecule has 2 rings (SSSR count). The third kappa shape index (κ3) is 3.38. The third-order valence-electron chi connectivity index (χ3n) is 3.19. The summed E-state index contributed by atoms with van der Waals surface area (Å²) < 4.78 is 13.5. The molecule has 1 N–H and O–H groups in total. The van der Waals surface area contributed by atoms with Gasteiger partial charge < -0.3 is 5.32 Å². The molecular weight excluding hydrogens is 239 g/mol. The number of nitrogens with one attached hydrogen (secondary N) is 1. The van der Waals surface area contributed by atoms with Crippen molar-refractivity contribution >= 4 is 0 Å². The molecule has 19 heavy (non-hydrogen) atoms. The lowest BCUT2D eigenvalue weighted by Crippen LogP contribution is -2.24. The van der Waals surface area contributed by atoms with Gasteiger partial charge in [0.2, 0.25) is 0 Å². The summed E-state index contributed by atoms with van der Waals surface area (Å²) in [5.41, 5.74) is 3.18. The van der Waals surface area contributed by atoms with E-state index in [4.69, 9.17) is 0 Å². The van der Waals surface area contributed by atoms with Gasteiger partial charge in [-0.25, -0.2) is 4.39 Å². The van der Waals surface area contributed by atoms with Crippen LogP contribution in [0.4, 0.5) is 4.39 Å². The monoisotopic (exact) mass is 258 g/mol. The Hall–Kier alpha value is -1.74. The number of aryl methyl sites for hydroxylation is 1. The molecule has 0 aliphatic carbocycles. The highest BCUT2D eigenvalue weighted by Crippen LogP contribution is 2.25. The Morgan fingerprint density at radius 1 is 1.21 bits per heavy atom. The third-order valence-corrected chi connectivity index (χ3v) is 3.19. The molecule has 2 aromatic rings. The molecule has 1 aromatic heterocycles. The lowest BCUT2D eigenvalue weighted by Gasteiger charge is -2.21. The first kappa shape index (κ1) is 13.7. The summed E-state index contributed by atoms with van der Waals surface area (Å²) in [5.74, 6) is -0.196. The van der Waals surface area contributed by atoms with Crippen molar-refractivity contribution in [2.24, 2.45) is 0 Å². The van der Waals surface area contributed by atoms with Gasteiger partial charge in [0.05, 0.1) is 6.04 Å². The Morgan fingerprint density at radius 2 is 1.95 bits per heavy atom. The molecule has 100 valence electrons. The fourth-order valence-corrected chi connectivity index (χ4v) is 2.17. The predicted molar refractivity (Wildman–Crippen MR) is 75.5 cm³/mol. The van der Waals surface area contributed by atoms with Crippen LogP contribution >= 0.6 is 0 Å². The van der Waals surface area contributed by atoms with Gasteiger partial charge in [0.1, 0.15) is 5.82 Å². The SMILES string of the molecule is CCCNC(c1ccncc1)c1cc(F)ccc1C. The van der Waals surface area contributed by atoms with Crippen LogP contribution in [-0.4, -0.2) is 11.5 Å². The minimum atomic E-state index is -0.196. The predicted octanol–water partition coefficient (Wildman–Crippen LogP) is 3.62. The molecule has 0 saturated heterocycles. The normalized spacial score (nSPS) is 12.4. The number of benzene rings is 1. The smallest absolute Gasteiger partial charge is 0.123 e. The first-order valence-electron chi connectivity index (χ1n) is 6.61. The van der Waals surface area contributed by atoms with Crippen LogP contribution in [0.2, 0.25) is 0 Å². The van der Waals surface area contributed by atoms with Crippen LogP contribution < -0.4 is 5.32 Å². The average molecular weight is 258 g/mol. The van der Waals surface area contributed by atoms with E-state index in [1.54, 1.807) is 18.5 Å². The molecule has 0 spiro atoms. The van der Waals surface area contributed by atoms with Crippen LogP contribution in [0.1, 0.15) is 36.1 Å². The van der Waals surface area contributed by atoms with Crippen molar-refractivity contribution in [1.82, 2.24) is 10.3 Å². The minimum absolute atomic E-state index is 0.0126. The van der Waals surface area contributed by atoms with Gasteiger partial charge in [-0.05, 0) is 60.8 Å². The molecule has 0 fully saturated rings. The molecule has 1 aromatic carbocycles. The Balaban J connectivity index is 2.40. The lowest BCUT2D eigenvalue weighted by molar-refractivity contribution is 0.582. The lowest BCUT2D eigenvalue weighted by atomic mass is 9.95. The van der Waals surface area contributed by atoms with E-state index in [0.717, 1.165) is 29.7 Å². The first-order chi connectivity index (χ1) is 9.22. The van der Waals surface area contributed by atoms with E-state index in [9.17, 15) is 4.39 Å². The molecule has 0 amide bonds. The summed E-state index contributed by atoms with van der Waals surface area (Å²) in [7, 11) is 0. The summed E-state index contributed by atoms with van der Waals surface area (Å²) >= 11 is 0. The fraction of sp³-hybridized carbons (Fsp3) is 0.312. The van der Waals surface area contributed by atoms with Crippen LogP contribution in [0.25, 0.3) is 0 Å². The van der Waals surface area contributed by atoms with Crippen LogP contribution in [0, 0.1) is 12.7 Å². The summed E-state index contributed by atoms with van der Waals surface area (Å²) in [6.45, 7) is 5.02. The molecule has 1 atom stereocenters. The quantitative estimate of drug-likeness (QED) is 0.886. The van der Waals surface area contributed by atoms with Crippen molar-refractivity contribution < 1.29 is 4.39 Å². The van der Waals surface area contributed by atoms with Gasteiger partial charge in [-0.2, -0.15) is 0 Å². The molecule has 0 radical (unpaired) electrons. The number of aromatic nitrogens is 1. The molecule has 3 heteroatoms. The van der Waals surface area contributed by atoms with Crippen molar-refractivity contribution in [2.75, 3.05) is 6.54 Å². The summed E-state index contributed by atoms with van der Waals surface area (Å²) in [5, 5.41) is 3.48. The second-order valence-corrected chi connectivity index (χ2v) is 4.67. The molecule has 0 aliphatic rings. The minimum Gasteiger partial charge on any atom is -0.306 e. The highest BCUT2D eigenvalue weighted by Gasteiger charge is 2.15. The van der Waals surface area contributed by atoms with Gasteiger partial charge >= 0.3 is 0 Å². The van der Waals surface area contributed by atoms with E-state index in [1.165, 1.54) is 6.07 Å². The number of rotatable bonds is 5. The average Bonchev–Trinajstić information content (AvgIpc) is 2.44. The zero-order valence-electron chi connectivity index (χ0n) is 11.4. The molecule has 0 bridgehead atoms. The van der Waals surface area contributed by atoms with E-state index >= 15 is 0 Å². The van der Waals surface area contributed by atoms with Gasteiger partial charge in [-0.1, -0.05) is 13.0 Å². The highest BCUT2D eigenvalue weighted by atomic mass is 19.1. The maximum Gasteiger partial charge on any atom is 0.123 e. The van der Waals surface area contributed by atoms with Crippen molar-refractivity contribution in [1.29, 1.82) is 0 Å². The van der Waals surface area contributed by atoms with Crippen LogP contribution in [0.5, 0.6) is 0 Å². The maximum absolute atomic E-state index is 13.5. The van der Waals surface area contributed by atoms with Gasteiger partial charge in [0, 0.05) is 12.4 Å². The number of hydrogen-bond acceptors (Lipinski definition) is 2. The zero-order valence-corrected chi connectivity index (χ0v) is 11.4. The number of halogens is 1.